The second kappa shape index (κ2) is 4.50. The molecule has 0 aliphatic carbocycles. The van der Waals surface area contributed by atoms with Gasteiger partial charge in [0.1, 0.15) is 11.4 Å². The molecule has 2 fully saturated rings. The van der Waals surface area contributed by atoms with E-state index in [4.69, 9.17) is 10.5 Å². The van der Waals surface area contributed by atoms with Crippen molar-refractivity contribution in [3.05, 3.63) is 11.8 Å². The maximum atomic E-state index is 11.6. The number of carbonyl (C=O) groups excluding carboxylic acids is 1. The zero-order valence-electron chi connectivity index (χ0n) is 11.8. The van der Waals surface area contributed by atoms with E-state index in [-0.39, 0.29) is 6.09 Å². The smallest absolute Gasteiger partial charge is 0.410 e. The molecular weight excluding hydrogens is 258 g/mol. The van der Waals surface area contributed by atoms with E-state index in [0.717, 1.165) is 24.9 Å². The van der Waals surface area contributed by atoms with E-state index in [1.807, 2.05) is 11.8 Å². The number of hydrogen-bond donors (Lipinski definition) is 1. The number of amides is 1. The highest BCUT2D eigenvalue weighted by atomic mass is 16.6. The molecule has 1 amide bonds. The van der Waals surface area contributed by atoms with E-state index in [1.54, 1.807) is 18.1 Å². The van der Waals surface area contributed by atoms with Gasteiger partial charge >= 0.3 is 6.09 Å². The number of nitrogen functional groups attached to an aromatic ring is 1. The number of carbonyl (C=O) groups is 1. The number of aromatic nitrogens is 2. The van der Waals surface area contributed by atoms with Gasteiger partial charge < -0.3 is 20.3 Å². The Kier molecular flexibility index (Phi) is 2.92. The maximum Gasteiger partial charge on any atom is 0.410 e. The number of piperidine rings is 1. The molecule has 7 nitrogen and oxygen atoms in total. The molecule has 2 aliphatic rings. The van der Waals surface area contributed by atoms with Crippen molar-refractivity contribution in [1.29, 1.82) is 0 Å². The lowest BCUT2D eigenvalue weighted by atomic mass is 9.93. The number of hydrogen-bond acceptors (Lipinski definition) is 6. The SMILES string of the molecule is Cc1cnc(N2CCC[C@@]3(CN(C)C(=O)O3)C2)nc1N. The van der Waals surface area contributed by atoms with Crippen LogP contribution in [0.2, 0.25) is 0 Å². The highest BCUT2D eigenvalue weighted by molar-refractivity contribution is 5.70. The van der Waals surface area contributed by atoms with Crippen LogP contribution in [0.1, 0.15) is 18.4 Å². The number of nitrogens with zero attached hydrogens (tertiary/aromatic N) is 4. The topological polar surface area (TPSA) is 84.6 Å². The van der Waals surface area contributed by atoms with Gasteiger partial charge in [0.2, 0.25) is 5.95 Å². The first-order chi connectivity index (χ1) is 9.49. The van der Waals surface area contributed by atoms with Crippen molar-refractivity contribution in [3.63, 3.8) is 0 Å². The maximum absolute atomic E-state index is 11.6. The van der Waals surface area contributed by atoms with Crippen LogP contribution >= 0.6 is 0 Å². The molecule has 3 heterocycles. The molecule has 2 aliphatic heterocycles. The lowest BCUT2D eigenvalue weighted by Gasteiger charge is -2.38. The van der Waals surface area contributed by atoms with Gasteiger partial charge in [-0.25, -0.2) is 9.78 Å². The standard InChI is InChI=1S/C13H19N5O2/c1-9-6-15-11(16-10(9)14)18-5-3-4-13(8-18)7-17(2)12(19)20-13/h6H,3-5,7-8H2,1-2H3,(H2,14,15,16)/t13-/m1/s1. The Morgan fingerprint density at radius 1 is 1.45 bits per heavy atom. The van der Waals surface area contributed by atoms with Crippen LogP contribution in [-0.4, -0.2) is 53.2 Å². The first-order valence-corrected chi connectivity index (χ1v) is 6.77. The summed E-state index contributed by atoms with van der Waals surface area (Å²) in [6.07, 6.45) is 3.29. The molecule has 7 heteroatoms. The summed E-state index contributed by atoms with van der Waals surface area (Å²) < 4.78 is 5.57. The molecule has 2 N–H and O–H groups in total. The molecular formula is C13H19N5O2. The quantitative estimate of drug-likeness (QED) is 0.817. The Morgan fingerprint density at radius 3 is 2.90 bits per heavy atom. The van der Waals surface area contributed by atoms with Gasteiger partial charge in [-0.15, -0.1) is 0 Å². The third-order valence-corrected chi connectivity index (χ3v) is 3.96. The number of anilines is 2. The predicted molar refractivity (Wildman–Crippen MR) is 74.5 cm³/mol. The zero-order valence-corrected chi connectivity index (χ0v) is 11.8. The zero-order chi connectivity index (χ0) is 14.3. The molecule has 2 saturated heterocycles. The first kappa shape index (κ1) is 13.0. The summed E-state index contributed by atoms with van der Waals surface area (Å²) in [6, 6.07) is 0. The molecule has 0 unspecified atom stereocenters. The molecule has 0 aromatic carbocycles. The number of ether oxygens (including phenoxy) is 1. The van der Waals surface area contributed by atoms with Gasteiger partial charge in [0, 0.05) is 25.4 Å². The molecule has 1 aromatic heterocycles. The van der Waals surface area contributed by atoms with Crippen molar-refractivity contribution >= 4 is 17.9 Å². The van der Waals surface area contributed by atoms with Gasteiger partial charge in [-0.05, 0) is 19.8 Å². The van der Waals surface area contributed by atoms with Gasteiger partial charge in [-0.3, -0.25) is 0 Å². The average Bonchev–Trinajstić information content (AvgIpc) is 2.67. The summed E-state index contributed by atoms with van der Waals surface area (Å²) in [7, 11) is 1.76. The molecule has 3 rings (SSSR count). The minimum atomic E-state index is -0.437. The lowest BCUT2D eigenvalue weighted by molar-refractivity contribution is 0.0443. The first-order valence-electron chi connectivity index (χ1n) is 6.77. The molecule has 1 aromatic rings. The van der Waals surface area contributed by atoms with Crippen LogP contribution in [0.4, 0.5) is 16.6 Å². The normalized spacial score (nSPS) is 26.2. The largest absolute Gasteiger partial charge is 0.439 e. The van der Waals surface area contributed by atoms with Gasteiger partial charge in [-0.1, -0.05) is 0 Å². The monoisotopic (exact) mass is 277 g/mol. The second-order valence-electron chi connectivity index (χ2n) is 5.67. The highest BCUT2D eigenvalue weighted by Crippen LogP contribution is 2.32. The molecule has 0 bridgehead atoms. The van der Waals surface area contributed by atoms with Crippen LogP contribution in [0.15, 0.2) is 6.20 Å². The molecule has 108 valence electrons. The van der Waals surface area contributed by atoms with Crippen LogP contribution in [0.3, 0.4) is 0 Å². The van der Waals surface area contributed by atoms with Gasteiger partial charge in [0.15, 0.2) is 0 Å². The predicted octanol–water partition coefficient (Wildman–Crippen LogP) is 0.788. The minimum absolute atomic E-state index is 0.254. The Labute approximate surface area is 117 Å². The number of rotatable bonds is 1. The van der Waals surface area contributed by atoms with Crippen molar-refractivity contribution in [2.24, 2.45) is 0 Å². The summed E-state index contributed by atoms with van der Waals surface area (Å²) in [4.78, 5) is 24.0. The fourth-order valence-corrected chi connectivity index (χ4v) is 2.87. The van der Waals surface area contributed by atoms with E-state index >= 15 is 0 Å². The Bertz CT molecular complexity index is 550. The van der Waals surface area contributed by atoms with E-state index in [2.05, 4.69) is 9.97 Å². The van der Waals surface area contributed by atoms with E-state index in [0.29, 0.717) is 24.9 Å². The molecule has 1 spiro atoms. The third kappa shape index (κ3) is 2.13. The second-order valence-corrected chi connectivity index (χ2v) is 5.67. The van der Waals surface area contributed by atoms with Crippen molar-refractivity contribution < 1.29 is 9.53 Å². The fraction of sp³-hybridized carbons (Fsp3) is 0.615. The summed E-state index contributed by atoms with van der Waals surface area (Å²) in [6.45, 7) is 3.96. The van der Waals surface area contributed by atoms with Crippen LogP contribution < -0.4 is 10.6 Å². The van der Waals surface area contributed by atoms with Crippen molar-refractivity contribution in [1.82, 2.24) is 14.9 Å². The molecule has 0 saturated carbocycles. The summed E-state index contributed by atoms with van der Waals surface area (Å²) in [5, 5.41) is 0. The van der Waals surface area contributed by atoms with Crippen LogP contribution in [0.25, 0.3) is 0 Å². The molecule has 20 heavy (non-hydrogen) atoms. The number of nitrogens with two attached hydrogens (primary N) is 1. The van der Waals surface area contributed by atoms with Crippen molar-refractivity contribution in [2.45, 2.75) is 25.4 Å². The Hall–Kier alpha value is -2.05. The summed E-state index contributed by atoms with van der Waals surface area (Å²) in [5.41, 5.74) is 6.28. The van der Waals surface area contributed by atoms with Crippen LogP contribution in [0.5, 0.6) is 0 Å². The van der Waals surface area contributed by atoms with E-state index in [1.165, 1.54) is 0 Å². The van der Waals surface area contributed by atoms with Crippen molar-refractivity contribution in [2.75, 3.05) is 37.3 Å². The fourth-order valence-electron chi connectivity index (χ4n) is 2.87. The third-order valence-electron chi connectivity index (χ3n) is 3.96. The molecule has 1 atom stereocenters. The summed E-state index contributed by atoms with van der Waals surface area (Å²) >= 11 is 0. The van der Waals surface area contributed by atoms with E-state index < -0.39 is 5.60 Å². The van der Waals surface area contributed by atoms with E-state index in [9.17, 15) is 4.79 Å². The minimum Gasteiger partial charge on any atom is -0.439 e. The van der Waals surface area contributed by atoms with Gasteiger partial charge in [0.25, 0.3) is 0 Å². The highest BCUT2D eigenvalue weighted by Gasteiger charge is 2.46. The summed E-state index contributed by atoms with van der Waals surface area (Å²) in [5.74, 6) is 1.10. The van der Waals surface area contributed by atoms with Crippen molar-refractivity contribution in [3.8, 4) is 0 Å². The van der Waals surface area contributed by atoms with Crippen LogP contribution in [0, 0.1) is 6.92 Å². The van der Waals surface area contributed by atoms with Gasteiger partial charge in [0.05, 0.1) is 13.1 Å². The Balaban J connectivity index is 1.81. The number of aryl methyl sites for hydroxylation is 1. The average molecular weight is 277 g/mol. The van der Waals surface area contributed by atoms with Crippen LogP contribution in [-0.2, 0) is 4.74 Å². The molecule has 0 radical (unpaired) electrons. The van der Waals surface area contributed by atoms with Gasteiger partial charge in [-0.2, -0.15) is 4.98 Å². The Morgan fingerprint density at radius 2 is 2.25 bits per heavy atom. The number of likely N-dealkylation sites (N-methyl/N-ethyl adjacent to an activating group) is 1. The lowest BCUT2D eigenvalue weighted by Crippen LogP contribution is -2.51.